The lowest BCUT2D eigenvalue weighted by Gasteiger charge is -2.38. The Morgan fingerprint density at radius 1 is 1.19 bits per heavy atom. The lowest BCUT2D eigenvalue weighted by molar-refractivity contribution is -0.139. The molecule has 0 spiro atoms. The van der Waals surface area contributed by atoms with Gasteiger partial charge in [-0.3, -0.25) is 9.78 Å². The number of amides is 1. The molecule has 7 heteroatoms. The molecule has 1 saturated heterocycles. The third-order valence-electron chi connectivity index (χ3n) is 4.52. The summed E-state index contributed by atoms with van der Waals surface area (Å²) in [4.78, 5) is 28.8. The molecule has 0 atom stereocenters. The van der Waals surface area contributed by atoms with Crippen molar-refractivity contribution in [2.24, 2.45) is 0 Å². The first-order chi connectivity index (χ1) is 12.5. The summed E-state index contributed by atoms with van der Waals surface area (Å²) in [5, 5.41) is 19.7. The molecule has 1 aromatic carbocycles. The fourth-order valence-electron chi connectivity index (χ4n) is 3.06. The van der Waals surface area contributed by atoms with Gasteiger partial charge in [0, 0.05) is 25.5 Å². The Hall–Kier alpha value is -2.93. The summed E-state index contributed by atoms with van der Waals surface area (Å²) in [6.07, 6.45) is 3.93. The molecular weight excluding hydrogens is 336 g/mol. The number of ether oxygens (including phenoxy) is 1. The molecule has 7 nitrogen and oxygen atoms in total. The van der Waals surface area contributed by atoms with Crippen molar-refractivity contribution < 1.29 is 24.5 Å². The Morgan fingerprint density at radius 3 is 2.62 bits per heavy atom. The fraction of sp³-hybridized carbons (Fsp3) is 0.316. The summed E-state index contributed by atoms with van der Waals surface area (Å²) >= 11 is 0. The average molecular weight is 356 g/mol. The molecule has 2 aromatic rings. The van der Waals surface area contributed by atoms with Crippen LogP contribution in [0, 0.1) is 0 Å². The lowest BCUT2D eigenvalue weighted by Crippen LogP contribution is -2.45. The van der Waals surface area contributed by atoms with E-state index >= 15 is 0 Å². The third kappa shape index (κ3) is 4.00. The van der Waals surface area contributed by atoms with Crippen molar-refractivity contribution in [3.05, 3.63) is 59.9 Å². The van der Waals surface area contributed by atoms with Gasteiger partial charge in [-0.15, -0.1) is 0 Å². The number of likely N-dealkylation sites (tertiary alicyclic amines) is 1. The summed E-state index contributed by atoms with van der Waals surface area (Å²) in [6.45, 7) is 0.407. The van der Waals surface area contributed by atoms with Gasteiger partial charge in [-0.1, -0.05) is 12.1 Å². The van der Waals surface area contributed by atoms with E-state index in [2.05, 4.69) is 4.98 Å². The van der Waals surface area contributed by atoms with E-state index in [0.29, 0.717) is 42.8 Å². The Kier molecular flexibility index (Phi) is 5.18. The Bertz CT molecular complexity index is 786. The fourth-order valence-corrected chi connectivity index (χ4v) is 3.06. The van der Waals surface area contributed by atoms with Crippen molar-refractivity contribution in [2.45, 2.75) is 18.4 Å². The zero-order chi connectivity index (χ0) is 18.6. The molecule has 1 fully saturated rings. The number of piperidine rings is 1. The quantitative estimate of drug-likeness (QED) is 0.845. The molecule has 1 aromatic heterocycles. The number of carboxylic acid groups (broad SMARTS) is 1. The number of nitrogens with zero attached hydrogens (tertiary/aromatic N) is 2. The van der Waals surface area contributed by atoms with Crippen LogP contribution in [0.1, 0.15) is 28.8 Å². The zero-order valence-corrected chi connectivity index (χ0v) is 14.2. The molecule has 1 aliphatic rings. The molecule has 1 aliphatic heterocycles. The molecule has 0 radical (unpaired) electrons. The van der Waals surface area contributed by atoms with Crippen LogP contribution in [0.4, 0.5) is 0 Å². The predicted molar refractivity (Wildman–Crippen MR) is 92.8 cm³/mol. The van der Waals surface area contributed by atoms with Crippen LogP contribution in [-0.2, 0) is 10.4 Å². The number of pyridine rings is 1. The number of aromatic nitrogens is 1. The number of rotatable bonds is 5. The van der Waals surface area contributed by atoms with Crippen LogP contribution in [0.25, 0.3) is 0 Å². The number of aliphatic hydroxyl groups is 1. The Labute approximate surface area is 150 Å². The van der Waals surface area contributed by atoms with E-state index < -0.39 is 18.2 Å². The number of carboxylic acids is 1. The van der Waals surface area contributed by atoms with E-state index in [1.165, 1.54) is 6.20 Å². The normalized spacial score (nSPS) is 16.1. The van der Waals surface area contributed by atoms with Gasteiger partial charge in [0.2, 0.25) is 0 Å². The van der Waals surface area contributed by atoms with Gasteiger partial charge < -0.3 is 19.8 Å². The minimum Gasteiger partial charge on any atom is -0.482 e. The third-order valence-corrected chi connectivity index (χ3v) is 4.52. The van der Waals surface area contributed by atoms with Gasteiger partial charge in [0.1, 0.15) is 5.75 Å². The summed E-state index contributed by atoms with van der Waals surface area (Å²) in [7, 11) is 0. The van der Waals surface area contributed by atoms with Gasteiger partial charge >= 0.3 is 5.97 Å². The largest absolute Gasteiger partial charge is 0.482 e. The maximum atomic E-state index is 12.5. The first-order valence-corrected chi connectivity index (χ1v) is 8.35. The van der Waals surface area contributed by atoms with Crippen LogP contribution in [-0.4, -0.2) is 51.7 Å². The number of hydrogen-bond acceptors (Lipinski definition) is 5. The number of benzene rings is 1. The number of carbonyl (C=O) groups is 2. The second kappa shape index (κ2) is 7.53. The monoisotopic (exact) mass is 356 g/mol. The summed E-state index contributed by atoms with van der Waals surface area (Å²) < 4.78 is 5.18. The minimum atomic E-state index is -1.08. The molecule has 0 aliphatic carbocycles. The molecule has 2 heterocycles. The SMILES string of the molecule is O=C(O)COc1cccc(C2(O)CCN(C(=O)c3cccnc3)CC2)c1. The van der Waals surface area contributed by atoms with Crippen molar-refractivity contribution in [1.29, 1.82) is 0 Å². The number of aliphatic carboxylic acids is 1. The van der Waals surface area contributed by atoms with Gasteiger partial charge in [-0.05, 0) is 42.7 Å². The topological polar surface area (TPSA) is 100.0 Å². The molecule has 136 valence electrons. The van der Waals surface area contributed by atoms with Crippen LogP contribution >= 0.6 is 0 Å². The van der Waals surface area contributed by atoms with Gasteiger partial charge in [0.05, 0.1) is 11.2 Å². The molecule has 0 unspecified atom stereocenters. The molecule has 0 saturated carbocycles. The van der Waals surface area contributed by atoms with E-state index in [9.17, 15) is 14.7 Å². The lowest BCUT2D eigenvalue weighted by atomic mass is 9.84. The smallest absolute Gasteiger partial charge is 0.341 e. The van der Waals surface area contributed by atoms with Crippen LogP contribution in [0.5, 0.6) is 5.75 Å². The minimum absolute atomic E-state index is 0.0984. The zero-order valence-electron chi connectivity index (χ0n) is 14.2. The van der Waals surface area contributed by atoms with Gasteiger partial charge in [0.25, 0.3) is 5.91 Å². The molecule has 3 rings (SSSR count). The Morgan fingerprint density at radius 2 is 1.96 bits per heavy atom. The molecular formula is C19H20N2O5. The van der Waals surface area contributed by atoms with Crippen LogP contribution in [0.3, 0.4) is 0 Å². The van der Waals surface area contributed by atoms with Crippen molar-refractivity contribution in [3.63, 3.8) is 0 Å². The number of carbonyl (C=O) groups excluding carboxylic acids is 1. The van der Waals surface area contributed by atoms with Gasteiger partial charge in [0.15, 0.2) is 6.61 Å². The van der Waals surface area contributed by atoms with Crippen molar-refractivity contribution in [3.8, 4) is 5.75 Å². The van der Waals surface area contributed by atoms with E-state index in [1.807, 2.05) is 0 Å². The van der Waals surface area contributed by atoms with Crippen LogP contribution < -0.4 is 4.74 Å². The van der Waals surface area contributed by atoms with Crippen molar-refractivity contribution >= 4 is 11.9 Å². The van der Waals surface area contributed by atoms with E-state index in [4.69, 9.17) is 9.84 Å². The maximum Gasteiger partial charge on any atom is 0.341 e. The highest BCUT2D eigenvalue weighted by Crippen LogP contribution is 2.34. The van der Waals surface area contributed by atoms with E-state index in [0.717, 1.165) is 0 Å². The van der Waals surface area contributed by atoms with E-state index in [-0.39, 0.29) is 5.91 Å². The highest BCUT2D eigenvalue weighted by Gasteiger charge is 2.35. The number of hydrogen-bond donors (Lipinski definition) is 2. The van der Waals surface area contributed by atoms with E-state index in [1.54, 1.807) is 47.5 Å². The second-order valence-electron chi connectivity index (χ2n) is 6.28. The average Bonchev–Trinajstić information content (AvgIpc) is 2.67. The van der Waals surface area contributed by atoms with Crippen LogP contribution in [0.2, 0.25) is 0 Å². The molecule has 1 amide bonds. The first-order valence-electron chi connectivity index (χ1n) is 8.35. The van der Waals surface area contributed by atoms with Gasteiger partial charge in [-0.2, -0.15) is 0 Å². The first kappa shape index (κ1) is 17.9. The summed E-state index contributed by atoms with van der Waals surface area (Å²) in [5.41, 5.74) is 0.116. The van der Waals surface area contributed by atoms with Crippen molar-refractivity contribution in [1.82, 2.24) is 9.88 Å². The highest BCUT2D eigenvalue weighted by atomic mass is 16.5. The molecule has 26 heavy (non-hydrogen) atoms. The standard InChI is InChI=1S/C19H20N2O5/c22-17(23)13-26-16-5-1-4-15(11-16)19(25)6-9-21(10-7-19)18(24)14-3-2-8-20-12-14/h1-5,8,11-12,25H,6-7,9-10,13H2,(H,22,23). The summed E-state index contributed by atoms with van der Waals surface area (Å²) in [5.74, 6) is -0.762. The van der Waals surface area contributed by atoms with Gasteiger partial charge in [-0.25, -0.2) is 4.79 Å². The van der Waals surface area contributed by atoms with Crippen molar-refractivity contribution in [2.75, 3.05) is 19.7 Å². The summed E-state index contributed by atoms with van der Waals surface area (Å²) in [6, 6.07) is 10.2. The molecule has 0 bridgehead atoms. The van der Waals surface area contributed by atoms with Crippen LogP contribution in [0.15, 0.2) is 48.8 Å². The highest BCUT2D eigenvalue weighted by molar-refractivity contribution is 5.93. The Balaban J connectivity index is 1.67. The molecule has 2 N–H and O–H groups in total. The second-order valence-corrected chi connectivity index (χ2v) is 6.28. The predicted octanol–water partition coefficient (Wildman–Crippen LogP) is 1.67. The maximum absolute atomic E-state index is 12.5.